The van der Waals surface area contributed by atoms with Gasteiger partial charge in [0.15, 0.2) is 20.2 Å². The average Bonchev–Trinajstić information content (AvgIpc) is 3.11. The fraction of sp³-hybridized carbons (Fsp3) is 0.400. The summed E-state index contributed by atoms with van der Waals surface area (Å²) in [5.41, 5.74) is 0.644. The van der Waals surface area contributed by atoms with Gasteiger partial charge in [0.25, 0.3) is 5.91 Å². The number of hydroxylamine groups is 1. The summed E-state index contributed by atoms with van der Waals surface area (Å²) in [7, 11) is -3.86. The Hall–Kier alpha value is -2.96. The van der Waals surface area contributed by atoms with E-state index in [4.69, 9.17) is 9.94 Å². The molecule has 31 heavy (non-hydrogen) atoms. The first-order chi connectivity index (χ1) is 14.5. The van der Waals surface area contributed by atoms with E-state index in [1.807, 2.05) is 0 Å². The van der Waals surface area contributed by atoms with Gasteiger partial charge in [-0.1, -0.05) is 0 Å². The molecule has 3 rings (SSSR count). The van der Waals surface area contributed by atoms with Gasteiger partial charge in [-0.2, -0.15) is 5.10 Å². The Kier molecular flexibility index (Phi) is 6.07. The Labute approximate surface area is 178 Å². The summed E-state index contributed by atoms with van der Waals surface area (Å²) in [4.78, 5) is 11.9. The standard InChI is InChI=1S/C20H20FN3O6S/c1-19(18(25)23-27,31(2,28)29)9-10-24-16-7-6-14(17(21)15(16)11-22-24)5-3-4-8-20(26)12-30-13-20/h6-7,11,26-27H,9-10,12-13H2,1-2H3,(H,23,25)/t19-/m1/s1. The summed E-state index contributed by atoms with van der Waals surface area (Å²) in [5, 5.41) is 22.9. The quantitative estimate of drug-likeness (QED) is 0.332. The predicted molar refractivity (Wildman–Crippen MR) is 108 cm³/mol. The number of hydrogen-bond donors (Lipinski definition) is 3. The molecule has 2 aromatic rings. The normalized spacial score (nSPS) is 16.8. The van der Waals surface area contributed by atoms with E-state index < -0.39 is 31.9 Å². The lowest BCUT2D eigenvalue weighted by Gasteiger charge is -2.30. The van der Waals surface area contributed by atoms with Crippen LogP contribution in [0.15, 0.2) is 18.3 Å². The smallest absolute Gasteiger partial charge is 0.264 e. The Morgan fingerprint density at radius 2 is 2.13 bits per heavy atom. The van der Waals surface area contributed by atoms with Crippen molar-refractivity contribution < 1.29 is 32.7 Å². The van der Waals surface area contributed by atoms with E-state index in [2.05, 4.69) is 28.8 Å². The van der Waals surface area contributed by atoms with Crippen molar-refractivity contribution in [1.82, 2.24) is 15.3 Å². The number of nitrogens with one attached hydrogen (secondary N) is 1. The number of halogens is 1. The van der Waals surface area contributed by atoms with Crippen molar-refractivity contribution in [2.75, 3.05) is 19.5 Å². The molecule has 9 nitrogen and oxygen atoms in total. The minimum absolute atomic E-state index is 0.0168. The second-order valence-electron chi connectivity index (χ2n) is 7.45. The Morgan fingerprint density at radius 1 is 1.42 bits per heavy atom. The summed E-state index contributed by atoms with van der Waals surface area (Å²) < 4.78 is 43.3. The number of hydrogen-bond acceptors (Lipinski definition) is 7. The molecular formula is C20H20FN3O6S. The zero-order chi connectivity index (χ0) is 22.9. The zero-order valence-corrected chi connectivity index (χ0v) is 17.6. The molecule has 1 saturated heterocycles. The lowest BCUT2D eigenvalue weighted by molar-refractivity contribution is -0.140. The van der Waals surface area contributed by atoms with Crippen molar-refractivity contribution in [3.63, 3.8) is 0 Å². The van der Waals surface area contributed by atoms with Crippen molar-refractivity contribution in [3.05, 3.63) is 29.7 Å². The Morgan fingerprint density at radius 3 is 2.71 bits per heavy atom. The highest BCUT2D eigenvalue weighted by Crippen LogP contribution is 2.25. The number of aromatic nitrogens is 2. The second-order valence-corrected chi connectivity index (χ2v) is 9.89. The van der Waals surface area contributed by atoms with Crippen molar-refractivity contribution in [2.24, 2.45) is 0 Å². The van der Waals surface area contributed by atoms with Gasteiger partial charge in [-0.05, 0) is 49.2 Å². The number of fused-ring (bicyclic) bond motifs is 1. The van der Waals surface area contributed by atoms with Crippen LogP contribution < -0.4 is 5.48 Å². The number of amides is 1. The number of benzene rings is 1. The number of carbonyl (C=O) groups excluding carboxylic acids is 1. The molecule has 11 heteroatoms. The fourth-order valence-electron chi connectivity index (χ4n) is 2.91. The average molecular weight is 449 g/mol. The van der Waals surface area contributed by atoms with Gasteiger partial charge in [0.1, 0.15) is 5.82 Å². The first-order valence-electron chi connectivity index (χ1n) is 9.12. The molecule has 0 bridgehead atoms. The van der Waals surface area contributed by atoms with E-state index >= 15 is 0 Å². The third-order valence-electron chi connectivity index (χ3n) is 5.20. The number of nitrogens with zero attached hydrogens (tertiary/aromatic N) is 2. The molecule has 1 aliphatic heterocycles. The Bertz CT molecular complexity index is 1260. The number of ether oxygens (including phenoxy) is 1. The minimum Gasteiger partial charge on any atom is -0.373 e. The summed E-state index contributed by atoms with van der Waals surface area (Å²) in [6.07, 6.45) is 1.98. The van der Waals surface area contributed by atoms with Gasteiger partial charge in [-0.15, -0.1) is 0 Å². The van der Waals surface area contributed by atoms with Gasteiger partial charge in [-0.25, -0.2) is 18.3 Å². The lowest BCUT2D eigenvalue weighted by Crippen LogP contribution is -2.49. The van der Waals surface area contributed by atoms with Crippen LogP contribution in [0.3, 0.4) is 0 Å². The number of aliphatic hydroxyl groups is 1. The van der Waals surface area contributed by atoms with Gasteiger partial charge in [-0.3, -0.25) is 14.7 Å². The van der Waals surface area contributed by atoms with E-state index in [1.54, 1.807) is 6.07 Å². The van der Waals surface area contributed by atoms with Crippen molar-refractivity contribution in [3.8, 4) is 23.7 Å². The largest absolute Gasteiger partial charge is 0.373 e. The first kappa shape index (κ1) is 22.7. The molecule has 164 valence electrons. The maximum atomic E-state index is 14.8. The number of aryl methyl sites for hydroxylation is 1. The molecule has 1 aliphatic rings. The molecule has 1 aromatic carbocycles. The number of sulfone groups is 1. The second kappa shape index (κ2) is 8.29. The highest BCUT2D eigenvalue weighted by atomic mass is 32.2. The van der Waals surface area contributed by atoms with E-state index in [0.29, 0.717) is 5.52 Å². The molecule has 0 spiro atoms. The topological polar surface area (TPSA) is 131 Å². The van der Waals surface area contributed by atoms with Crippen LogP contribution in [0.25, 0.3) is 10.9 Å². The van der Waals surface area contributed by atoms with E-state index in [9.17, 15) is 22.7 Å². The molecule has 0 saturated carbocycles. The summed E-state index contributed by atoms with van der Waals surface area (Å²) in [5.74, 6) is 8.43. The van der Waals surface area contributed by atoms with Crippen LogP contribution in [0.5, 0.6) is 0 Å². The van der Waals surface area contributed by atoms with Crippen molar-refractivity contribution in [2.45, 2.75) is 30.2 Å². The minimum atomic E-state index is -3.86. The number of carbonyl (C=O) groups is 1. The zero-order valence-electron chi connectivity index (χ0n) is 16.8. The van der Waals surface area contributed by atoms with Crippen LogP contribution in [-0.4, -0.2) is 64.2 Å². The lowest BCUT2D eigenvalue weighted by atomic mass is 10.0. The number of rotatable bonds is 5. The monoisotopic (exact) mass is 449 g/mol. The molecule has 0 radical (unpaired) electrons. The summed E-state index contributed by atoms with van der Waals surface area (Å²) in [6.45, 7) is 1.40. The highest BCUT2D eigenvalue weighted by Gasteiger charge is 2.43. The molecular weight excluding hydrogens is 429 g/mol. The van der Waals surface area contributed by atoms with Crippen LogP contribution >= 0.6 is 0 Å². The highest BCUT2D eigenvalue weighted by molar-refractivity contribution is 7.92. The fourth-order valence-corrected chi connectivity index (χ4v) is 3.76. The van der Waals surface area contributed by atoms with Crippen LogP contribution in [0.1, 0.15) is 18.9 Å². The maximum Gasteiger partial charge on any atom is 0.264 e. The third kappa shape index (κ3) is 4.40. The SMILES string of the molecule is C[C@@](CCn1ncc2c(F)c(C#CC#CC3(O)COC3)ccc21)(C(=O)NO)S(C)(=O)=O. The van der Waals surface area contributed by atoms with Crippen LogP contribution in [-0.2, 0) is 25.9 Å². The van der Waals surface area contributed by atoms with E-state index in [-0.39, 0.29) is 37.1 Å². The van der Waals surface area contributed by atoms with E-state index in [1.165, 1.54) is 29.3 Å². The van der Waals surface area contributed by atoms with Gasteiger partial charge >= 0.3 is 0 Å². The van der Waals surface area contributed by atoms with Gasteiger partial charge < -0.3 is 9.84 Å². The van der Waals surface area contributed by atoms with Gasteiger partial charge in [0.05, 0.1) is 35.9 Å². The maximum absolute atomic E-state index is 14.8. The molecule has 0 unspecified atom stereocenters. The van der Waals surface area contributed by atoms with Gasteiger partial charge in [0, 0.05) is 12.8 Å². The van der Waals surface area contributed by atoms with Gasteiger partial charge in [0.2, 0.25) is 0 Å². The van der Waals surface area contributed by atoms with Crippen LogP contribution in [0.2, 0.25) is 0 Å². The predicted octanol–water partition coefficient (Wildman–Crippen LogP) is -0.00960. The molecule has 3 N–H and O–H groups in total. The van der Waals surface area contributed by atoms with Crippen LogP contribution in [0.4, 0.5) is 4.39 Å². The summed E-state index contributed by atoms with van der Waals surface area (Å²) >= 11 is 0. The first-order valence-corrected chi connectivity index (χ1v) is 11.0. The molecule has 0 aliphatic carbocycles. The molecule has 1 fully saturated rings. The van der Waals surface area contributed by atoms with E-state index in [0.717, 1.165) is 6.26 Å². The summed E-state index contributed by atoms with van der Waals surface area (Å²) in [6, 6.07) is 3.00. The third-order valence-corrected chi connectivity index (χ3v) is 7.22. The molecule has 1 amide bonds. The van der Waals surface area contributed by atoms with Crippen molar-refractivity contribution in [1.29, 1.82) is 0 Å². The molecule has 2 heterocycles. The Balaban J connectivity index is 1.84. The van der Waals surface area contributed by atoms with Crippen molar-refractivity contribution >= 4 is 26.6 Å². The molecule has 1 atom stereocenters. The van der Waals surface area contributed by atoms with Crippen LogP contribution in [0, 0.1) is 29.5 Å². The molecule has 1 aromatic heterocycles.